The van der Waals surface area contributed by atoms with Gasteiger partial charge in [-0.3, -0.25) is 14.4 Å². The molecule has 2 aromatic carbocycles. The van der Waals surface area contributed by atoms with Gasteiger partial charge in [0.05, 0.1) is 23.0 Å². The van der Waals surface area contributed by atoms with E-state index in [-0.39, 0.29) is 37.1 Å². The first-order chi connectivity index (χ1) is 13.5. The number of hydrogen-bond donors (Lipinski definition) is 1. The van der Waals surface area contributed by atoms with E-state index in [1.807, 2.05) is 0 Å². The van der Waals surface area contributed by atoms with E-state index in [0.717, 1.165) is 5.56 Å². The number of fused-ring (bicyclic) bond motifs is 1. The van der Waals surface area contributed by atoms with Gasteiger partial charge in [-0.25, -0.2) is 0 Å². The van der Waals surface area contributed by atoms with Crippen molar-refractivity contribution in [2.75, 3.05) is 23.8 Å². The highest BCUT2D eigenvalue weighted by Gasteiger charge is 2.26. The largest absolute Gasteiger partial charge is 0.341 e. The number of nitriles is 1. The Labute approximate surface area is 163 Å². The van der Waals surface area contributed by atoms with Crippen LogP contribution in [0.5, 0.6) is 0 Å². The summed E-state index contributed by atoms with van der Waals surface area (Å²) in [6, 6.07) is 16.2. The van der Waals surface area contributed by atoms with Crippen molar-refractivity contribution in [3.05, 3.63) is 59.7 Å². The number of rotatable bonds is 5. The van der Waals surface area contributed by atoms with Crippen LogP contribution >= 0.6 is 0 Å². The first-order valence-electron chi connectivity index (χ1n) is 8.90. The number of amides is 3. The van der Waals surface area contributed by atoms with Crippen LogP contribution in [0.3, 0.4) is 0 Å². The van der Waals surface area contributed by atoms with Crippen LogP contribution < -0.4 is 10.2 Å². The normalized spacial score (nSPS) is 12.6. The molecule has 3 amide bonds. The second-order valence-corrected chi connectivity index (χ2v) is 6.60. The van der Waals surface area contributed by atoms with Crippen molar-refractivity contribution in [1.29, 1.82) is 5.26 Å². The van der Waals surface area contributed by atoms with Crippen molar-refractivity contribution in [3.8, 4) is 6.07 Å². The summed E-state index contributed by atoms with van der Waals surface area (Å²) in [5, 5.41) is 11.6. The number of carbonyl (C=O) groups excluding carboxylic acids is 3. The topological polar surface area (TPSA) is 93.5 Å². The van der Waals surface area contributed by atoms with Gasteiger partial charge in [-0.15, -0.1) is 0 Å². The molecular formula is C21H20N4O3. The summed E-state index contributed by atoms with van der Waals surface area (Å²) >= 11 is 0. The van der Waals surface area contributed by atoms with E-state index in [2.05, 4.69) is 11.4 Å². The predicted octanol–water partition coefficient (Wildman–Crippen LogP) is 2.28. The lowest BCUT2D eigenvalue weighted by Gasteiger charge is -2.29. The van der Waals surface area contributed by atoms with E-state index in [0.29, 0.717) is 23.5 Å². The Hall–Kier alpha value is -3.66. The zero-order valence-electron chi connectivity index (χ0n) is 15.5. The molecule has 7 nitrogen and oxygen atoms in total. The van der Waals surface area contributed by atoms with Crippen molar-refractivity contribution in [2.45, 2.75) is 19.4 Å². The predicted molar refractivity (Wildman–Crippen MR) is 104 cm³/mol. The standard InChI is InChI=1S/C21H20N4O3/c1-24(13-16-8-6-15(12-22)7-9-16)20(27)10-11-21(28)25-14-19(26)23-17-4-2-3-5-18(17)25/h2-9H,10-11,13-14H2,1H3,(H,23,26). The summed E-state index contributed by atoms with van der Waals surface area (Å²) < 4.78 is 0. The lowest BCUT2D eigenvalue weighted by Crippen LogP contribution is -2.42. The number of nitrogens with zero attached hydrogens (tertiary/aromatic N) is 3. The SMILES string of the molecule is CN(Cc1ccc(C#N)cc1)C(=O)CCC(=O)N1CC(=O)Nc2ccccc21. The molecule has 0 aromatic heterocycles. The average Bonchev–Trinajstić information content (AvgIpc) is 2.71. The van der Waals surface area contributed by atoms with Gasteiger partial charge in [0.15, 0.2) is 0 Å². The van der Waals surface area contributed by atoms with Gasteiger partial charge in [-0.1, -0.05) is 24.3 Å². The van der Waals surface area contributed by atoms with Crippen LogP contribution in [-0.2, 0) is 20.9 Å². The molecule has 142 valence electrons. The first kappa shape index (κ1) is 19.1. The number of carbonyl (C=O) groups is 3. The third kappa shape index (κ3) is 4.35. The highest BCUT2D eigenvalue weighted by Crippen LogP contribution is 2.29. The second kappa shape index (κ2) is 8.35. The molecule has 0 radical (unpaired) electrons. The maximum absolute atomic E-state index is 12.6. The fourth-order valence-electron chi connectivity index (χ4n) is 3.04. The average molecular weight is 376 g/mol. The van der Waals surface area contributed by atoms with Crippen LogP contribution in [0.2, 0.25) is 0 Å². The van der Waals surface area contributed by atoms with Gasteiger partial charge >= 0.3 is 0 Å². The Morgan fingerprint density at radius 1 is 1.14 bits per heavy atom. The highest BCUT2D eigenvalue weighted by molar-refractivity contribution is 6.10. The molecule has 0 atom stereocenters. The minimum absolute atomic E-state index is 0.0260. The van der Waals surface area contributed by atoms with E-state index >= 15 is 0 Å². The summed E-state index contributed by atoms with van der Waals surface area (Å²) in [5.41, 5.74) is 2.71. The van der Waals surface area contributed by atoms with Gasteiger partial charge in [-0.05, 0) is 29.8 Å². The maximum atomic E-state index is 12.6. The Morgan fingerprint density at radius 3 is 2.57 bits per heavy atom. The Morgan fingerprint density at radius 2 is 1.86 bits per heavy atom. The molecule has 28 heavy (non-hydrogen) atoms. The molecule has 0 saturated carbocycles. The minimum Gasteiger partial charge on any atom is -0.341 e. The van der Waals surface area contributed by atoms with E-state index in [1.54, 1.807) is 60.5 Å². The molecule has 0 saturated heterocycles. The molecule has 7 heteroatoms. The summed E-state index contributed by atoms with van der Waals surface area (Å²) in [7, 11) is 1.68. The van der Waals surface area contributed by atoms with Crippen LogP contribution in [0.1, 0.15) is 24.0 Å². The van der Waals surface area contributed by atoms with Crippen molar-refractivity contribution < 1.29 is 14.4 Å². The van der Waals surface area contributed by atoms with Crippen LogP contribution in [-0.4, -0.2) is 36.2 Å². The van der Waals surface area contributed by atoms with Gasteiger partial charge in [-0.2, -0.15) is 5.26 Å². The number of hydrogen-bond acceptors (Lipinski definition) is 4. The zero-order valence-corrected chi connectivity index (χ0v) is 15.5. The van der Waals surface area contributed by atoms with E-state index in [9.17, 15) is 14.4 Å². The third-order valence-corrected chi connectivity index (χ3v) is 4.55. The Kier molecular flexibility index (Phi) is 5.70. The molecule has 1 heterocycles. The van der Waals surface area contributed by atoms with Crippen molar-refractivity contribution in [3.63, 3.8) is 0 Å². The Bertz CT molecular complexity index is 947. The van der Waals surface area contributed by atoms with E-state index in [4.69, 9.17) is 5.26 Å². The quantitative estimate of drug-likeness (QED) is 0.866. The summed E-state index contributed by atoms with van der Waals surface area (Å²) in [5.74, 6) is -0.675. The molecule has 2 aromatic rings. The third-order valence-electron chi connectivity index (χ3n) is 4.55. The lowest BCUT2D eigenvalue weighted by molar-refractivity contribution is -0.132. The number of nitrogens with one attached hydrogen (secondary N) is 1. The summed E-state index contributed by atoms with van der Waals surface area (Å²) in [6.45, 7) is 0.346. The smallest absolute Gasteiger partial charge is 0.244 e. The molecule has 0 bridgehead atoms. The van der Waals surface area contributed by atoms with Crippen molar-refractivity contribution >= 4 is 29.1 Å². The van der Waals surface area contributed by atoms with Crippen molar-refractivity contribution in [1.82, 2.24) is 4.90 Å². The van der Waals surface area contributed by atoms with Crippen LogP contribution in [0.25, 0.3) is 0 Å². The fraction of sp³-hybridized carbons (Fsp3) is 0.238. The molecule has 0 unspecified atom stereocenters. The maximum Gasteiger partial charge on any atom is 0.244 e. The highest BCUT2D eigenvalue weighted by atomic mass is 16.2. The molecule has 3 rings (SSSR count). The fourth-order valence-corrected chi connectivity index (χ4v) is 3.04. The van der Waals surface area contributed by atoms with Gasteiger partial charge in [0, 0.05) is 26.4 Å². The van der Waals surface area contributed by atoms with Crippen LogP contribution in [0.15, 0.2) is 48.5 Å². The van der Waals surface area contributed by atoms with Gasteiger partial charge in [0.25, 0.3) is 0 Å². The number of anilines is 2. The number of para-hydroxylation sites is 2. The first-order valence-corrected chi connectivity index (χ1v) is 8.90. The molecular weight excluding hydrogens is 356 g/mol. The van der Waals surface area contributed by atoms with Crippen LogP contribution in [0.4, 0.5) is 11.4 Å². The second-order valence-electron chi connectivity index (χ2n) is 6.60. The van der Waals surface area contributed by atoms with E-state index < -0.39 is 0 Å². The van der Waals surface area contributed by atoms with E-state index in [1.165, 1.54) is 4.90 Å². The lowest BCUT2D eigenvalue weighted by atomic mass is 10.1. The van der Waals surface area contributed by atoms with Crippen molar-refractivity contribution in [2.24, 2.45) is 0 Å². The molecule has 1 aliphatic heterocycles. The molecule has 1 N–H and O–H groups in total. The Balaban J connectivity index is 1.57. The number of benzene rings is 2. The summed E-state index contributed by atoms with van der Waals surface area (Å²) in [4.78, 5) is 39.8. The van der Waals surface area contributed by atoms with Gasteiger partial charge in [0.2, 0.25) is 17.7 Å². The van der Waals surface area contributed by atoms with Gasteiger partial charge < -0.3 is 15.1 Å². The monoisotopic (exact) mass is 376 g/mol. The van der Waals surface area contributed by atoms with Gasteiger partial charge in [0.1, 0.15) is 6.54 Å². The van der Waals surface area contributed by atoms with Crippen LogP contribution in [0, 0.1) is 11.3 Å². The minimum atomic E-state index is -0.262. The molecule has 0 spiro atoms. The molecule has 0 fully saturated rings. The molecule has 0 aliphatic carbocycles. The molecule has 1 aliphatic rings. The summed E-state index contributed by atoms with van der Waals surface area (Å²) in [6.07, 6.45) is 0.0874. The zero-order chi connectivity index (χ0) is 20.1.